The first-order valence-corrected chi connectivity index (χ1v) is 7.01. The summed E-state index contributed by atoms with van der Waals surface area (Å²) in [4.78, 5) is 6.88. The maximum absolute atomic E-state index is 9.17. The van der Waals surface area contributed by atoms with Crippen LogP contribution in [0.1, 0.15) is 24.5 Å². The van der Waals surface area contributed by atoms with E-state index < -0.39 is 0 Å². The molecule has 1 aromatic heterocycles. The molecule has 0 amide bonds. The number of thiazole rings is 1. The van der Waals surface area contributed by atoms with Gasteiger partial charge in [-0.1, -0.05) is 6.92 Å². The van der Waals surface area contributed by atoms with Gasteiger partial charge in [0.15, 0.2) is 0 Å². The van der Waals surface area contributed by atoms with Crippen LogP contribution >= 0.6 is 11.3 Å². The lowest BCUT2D eigenvalue weighted by Gasteiger charge is -2.35. The van der Waals surface area contributed by atoms with E-state index in [1.807, 2.05) is 6.92 Å². The molecule has 1 aliphatic heterocycles. The summed E-state index contributed by atoms with van der Waals surface area (Å²) in [5.74, 6) is 0. The first-order valence-electron chi connectivity index (χ1n) is 6.13. The van der Waals surface area contributed by atoms with E-state index in [4.69, 9.17) is 9.84 Å². The van der Waals surface area contributed by atoms with E-state index in [1.165, 1.54) is 5.01 Å². The Morgan fingerprint density at radius 1 is 1.59 bits per heavy atom. The molecule has 0 radical (unpaired) electrons. The Bertz CT molecular complexity index is 356. The zero-order valence-corrected chi connectivity index (χ0v) is 11.2. The second-order valence-corrected chi connectivity index (χ2v) is 5.47. The Labute approximate surface area is 106 Å². The molecule has 0 aromatic carbocycles. The third kappa shape index (κ3) is 3.48. The first kappa shape index (κ1) is 13.0. The quantitative estimate of drug-likeness (QED) is 0.881. The molecule has 2 atom stereocenters. The topological polar surface area (TPSA) is 45.6 Å². The van der Waals surface area contributed by atoms with Gasteiger partial charge in [0.05, 0.1) is 29.5 Å². The molecule has 2 rings (SSSR count). The van der Waals surface area contributed by atoms with Crippen molar-refractivity contribution in [1.82, 2.24) is 9.88 Å². The Morgan fingerprint density at radius 3 is 3.06 bits per heavy atom. The summed E-state index contributed by atoms with van der Waals surface area (Å²) in [6.07, 6.45) is 1.14. The fourth-order valence-electron chi connectivity index (χ4n) is 2.18. The van der Waals surface area contributed by atoms with Crippen molar-refractivity contribution in [3.05, 3.63) is 16.1 Å². The van der Waals surface area contributed by atoms with Crippen LogP contribution < -0.4 is 0 Å². The molecule has 2 unspecified atom stereocenters. The van der Waals surface area contributed by atoms with Gasteiger partial charge in [0.25, 0.3) is 0 Å². The van der Waals surface area contributed by atoms with Crippen LogP contribution in [0.3, 0.4) is 0 Å². The predicted molar refractivity (Wildman–Crippen MR) is 68.2 cm³/mol. The molecule has 1 saturated heterocycles. The molecule has 0 aliphatic carbocycles. The molecule has 5 heteroatoms. The van der Waals surface area contributed by atoms with Gasteiger partial charge < -0.3 is 9.84 Å². The van der Waals surface area contributed by atoms with Crippen LogP contribution in [0.25, 0.3) is 0 Å². The SMILES string of the molecule is CCc1nc(CN2CC(C)OC(CO)C2)cs1. The van der Waals surface area contributed by atoms with Gasteiger partial charge in [0.1, 0.15) is 0 Å². The third-order valence-electron chi connectivity index (χ3n) is 2.89. The molecular weight excluding hydrogens is 236 g/mol. The number of morpholine rings is 1. The lowest BCUT2D eigenvalue weighted by Crippen LogP contribution is -2.47. The molecule has 1 aromatic rings. The molecule has 0 spiro atoms. The second kappa shape index (κ2) is 5.91. The molecule has 1 fully saturated rings. The van der Waals surface area contributed by atoms with Gasteiger partial charge >= 0.3 is 0 Å². The number of aliphatic hydroxyl groups excluding tert-OH is 1. The highest BCUT2D eigenvalue weighted by Crippen LogP contribution is 2.16. The van der Waals surface area contributed by atoms with Gasteiger partial charge in [-0.25, -0.2) is 4.98 Å². The zero-order chi connectivity index (χ0) is 12.3. The summed E-state index contributed by atoms with van der Waals surface area (Å²) in [5.41, 5.74) is 1.14. The van der Waals surface area contributed by atoms with Crippen LogP contribution in [0.4, 0.5) is 0 Å². The standard InChI is InChI=1S/C12H20N2O2S/c1-3-12-13-10(8-17-12)5-14-4-9(2)16-11(6-14)7-15/h8-9,11,15H,3-7H2,1-2H3. The number of nitrogens with zero attached hydrogens (tertiary/aromatic N) is 2. The van der Waals surface area contributed by atoms with Crippen LogP contribution in [0.2, 0.25) is 0 Å². The number of ether oxygens (including phenoxy) is 1. The lowest BCUT2D eigenvalue weighted by atomic mass is 10.2. The van der Waals surface area contributed by atoms with E-state index >= 15 is 0 Å². The number of aromatic nitrogens is 1. The summed E-state index contributed by atoms with van der Waals surface area (Å²) < 4.78 is 5.62. The molecular formula is C12H20N2O2S. The normalized spacial score (nSPS) is 26.3. The highest BCUT2D eigenvalue weighted by atomic mass is 32.1. The molecule has 96 valence electrons. The highest BCUT2D eigenvalue weighted by Gasteiger charge is 2.24. The van der Waals surface area contributed by atoms with Crippen molar-refractivity contribution in [1.29, 1.82) is 0 Å². The highest BCUT2D eigenvalue weighted by molar-refractivity contribution is 7.09. The minimum absolute atomic E-state index is 0.0527. The van der Waals surface area contributed by atoms with E-state index in [-0.39, 0.29) is 18.8 Å². The van der Waals surface area contributed by atoms with Crippen molar-refractivity contribution in [2.24, 2.45) is 0 Å². The summed E-state index contributed by atoms with van der Waals surface area (Å²) in [7, 11) is 0. The lowest BCUT2D eigenvalue weighted by molar-refractivity contribution is -0.0974. The number of hydrogen-bond donors (Lipinski definition) is 1. The second-order valence-electron chi connectivity index (χ2n) is 4.53. The van der Waals surface area contributed by atoms with Gasteiger partial charge in [-0.05, 0) is 13.3 Å². The van der Waals surface area contributed by atoms with E-state index in [1.54, 1.807) is 11.3 Å². The van der Waals surface area contributed by atoms with Gasteiger partial charge in [-0.15, -0.1) is 11.3 Å². The van der Waals surface area contributed by atoms with E-state index in [0.717, 1.165) is 31.7 Å². The summed E-state index contributed by atoms with van der Waals surface area (Å²) >= 11 is 1.73. The third-order valence-corrected chi connectivity index (χ3v) is 3.93. The van der Waals surface area contributed by atoms with Crippen LogP contribution in [0.15, 0.2) is 5.38 Å². The van der Waals surface area contributed by atoms with Crippen molar-refractivity contribution < 1.29 is 9.84 Å². The molecule has 1 aliphatic rings. The molecule has 17 heavy (non-hydrogen) atoms. The molecule has 0 saturated carbocycles. The number of rotatable bonds is 4. The van der Waals surface area contributed by atoms with E-state index in [0.29, 0.717) is 0 Å². The predicted octanol–water partition coefficient (Wildman–Crippen LogP) is 1.29. The van der Waals surface area contributed by atoms with Crippen molar-refractivity contribution in [3.8, 4) is 0 Å². The fourth-order valence-corrected chi connectivity index (χ4v) is 2.92. The Hall–Kier alpha value is -0.490. The Balaban J connectivity index is 1.93. The average molecular weight is 256 g/mol. The van der Waals surface area contributed by atoms with Crippen LogP contribution in [0.5, 0.6) is 0 Å². The number of hydrogen-bond acceptors (Lipinski definition) is 5. The molecule has 4 nitrogen and oxygen atoms in total. The van der Waals surface area contributed by atoms with Crippen molar-refractivity contribution in [2.45, 2.75) is 39.0 Å². The number of aliphatic hydroxyl groups is 1. The Kier molecular flexibility index (Phi) is 4.50. The minimum Gasteiger partial charge on any atom is -0.394 e. The molecule has 0 bridgehead atoms. The smallest absolute Gasteiger partial charge is 0.0936 e. The minimum atomic E-state index is -0.0527. The first-order chi connectivity index (χ1) is 8.21. The summed E-state index contributed by atoms with van der Waals surface area (Å²) in [6, 6.07) is 0. The molecule has 2 heterocycles. The van der Waals surface area contributed by atoms with Crippen molar-refractivity contribution in [2.75, 3.05) is 19.7 Å². The van der Waals surface area contributed by atoms with Gasteiger partial charge in [0, 0.05) is 25.0 Å². The van der Waals surface area contributed by atoms with Crippen LogP contribution in [0, 0.1) is 0 Å². The Morgan fingerprint density at radius 2 is 2.41 bits per heavy atom. The summed E-state index contributed by atoms with van der Waals surface area (Å²) in [6.45, 7) is 6.84. The van der Waals surface area contributed by atoms with E-state index in [2.05, 4.69) is 22.2 Å². The van der Waals surface area contributed by atoms with Gasteiger partial charge in [0.2, 0.25) is 0 Å². The zero-order valence-electron chi connectivity index (χ0n) is 10.4. The van der Waals surface area contributed by atoms with Crippen molar-refractivity contribution in [3.63, 3.8) is 0 Å². The van der Waals surface area contributed by atoms with Crippen LogP contribution in [-0.2, 0) is 17.7 Å². The number of aryl methyl sites for hydroxylation is 1. The van der Waals surface area contributed by atoms with E-state index in [9.17, 15) is 0 Å². The summed E-state index contributed by atoms with van der Waals surface area (Å²) in [5, 5.41) is 12.5. The maximum atomic E-state index is 9.17. The van der Waals surface area contributed by atoms with Crippen LogP contribution in [-0.4, -0.2) is 46.9 Å². The maximum Gasteiger partial charge on any atom is 0.0936 e. The van der Waals surface area contributed by atoms with Gasteiger partial charge in [-0.3, -0.25) is 4.90 Å². The fraction of sp³-hybridized carbons (Fsp3) is 0.750. The molecule has 1 N–H and O–H groups in total. The monoisotopic (exact) mass is 256 g/mol. The van der Waals surface area contributed by atoms with Gasteiger partial charge in [-0.2, -0.15) is 0 Å². The largest absolute Gasteiger partial charge is 0.394 e. The van der Waals surface area contributed by atoms with Crippen molar-refractivity contribution >= 4 is 11.3 Å². The average Bonchev–Trinajstić information content (AvgIpc) is 2.76.